The Morgan fingerprint density at radius 1 is 1.71 bits per heavy atom. The van der Waals surface area contributed by atoms with Gasteiger partial charge in [0, 0.05) is 24.2 Å². The van der Waals surface area contributed by atoms with Crippen LogP contribution in [0.5, 0.6) is 0 Å². The van der Waals surface area contributed by atoms with Crippen molar-refractivity contribution >= 4 is 18.0 Å². The van der Waals surface area contributed by atoms with Gasteiger partial charge in [-0.15, -0.1) is 0 Å². The van der Waals surface area contributed by atoms with Gasteiger partial charge in [-0.2, -0.15) is 0 Å². The maximum atomic E-state index is 5.45. The third-order valence-electron chi connectivity index (χ3n) is 0.656. The summed E-state index contributed by atoms with van der Waals surface area (Å²) in [6.07, 6.45) is 5.27. The van der Waals surface area contributed by atoms with Gasteiger partial charge in [-0.3, -0.25) is 9.41 Å². The van der Waals surface area contributed by atoms with Crippen molar-refractivity contribution < 1.29 is 0 Å². The maximum Gasteiger partial charge on any atom is 0.124 e. The fourth-order valence-corrected chi connectivity index (χ4v) is 0.492. The molecule has 1 aliphatic heterocycles. The van der Waals surface area contributed by atoms with E-state index in [1.807, 2.05) is 0 Å². The van der Waals surface area contributed by atoms with Crippen LogP contribution in [-0.4, -0.2) is 17.3 Å². The number of halogens is 1. The monoisotopic (exact) mass is 116 g/mol. The summed E-state index contributed by atoms with van der Waals surface area (Å²) in [5.74, 6) is 0. The highest BCUT2D eigenvalue weighted by Gasteiger charge is 1.89. The molecular weight excluding hydrogens is 112 g/mol. The summed E-state index contributed by atoms with van der Waals surface area (Å²) in [6.45, 7) is 0.568. The Labute approximate surface area is 47.2 Å². The largest absolute Gasteiger partial charge is 0.271 e. The zero-order valence-corrected chi connectivity index (χ0v) is 4.47. The van der Waals surface area contributed by atoms with Gasteiger partial charge in [-0.05, 0) is 6.08 Å². The standard InChI is InChI=1S/C4H5ClN2/c5-7-3-1-2-6-4-7/h1-3H,4H2. The van der Waals surface area contributed by atoms with Crippen molar-refractivity contribution in [1.82, 2.24) is 4.42 Å². The van der Waals surface area contributed by atoms with Crippen LogP contribution in [0.25, 0.3) is 0 Å². The predicted octanol–water partition coefficient (Wildman–Crippen LogP) is 0.998. The molecule has 2 nitrogen and oxygen atoms in total. The van der Waals surface area contributed by atoms with Crippen LogP contribution < -0.4 is 0 Å². The van der Waals surface area contributed by atoms with Crippen molar-refractivity contribution in [1.29, 1.82) is 0 Å². The predicted molar refractivity (Wildman–Crippen MR) is 30.2 cm³/mol. The van der Waals surface area contributed by atoms with Crippen LogP contribution in [0.4, 0.5) is 0 Å². The molecule has 0 saturated carbocycles. The maximum absolute atomic E-state index is 5.45. The molecule has 1 aliphatic rings. The Balaban J connectivity index is 2.49. The second kappa shape index (κ2) is 1.98. The van der Waals surface area contributed by atoms with Gasteiger partial charge in [0.1, 0.15) is 6.67 Å². The van der Waals surface area contributed by atoms with E-state index in [1.54, 1.807) is 18.5 Å². The summed E-state index contributed by atoms with van der Waals surface area (Å²) in [5.41, 5.74) is 0. The van der Waals surface area contributed by atoms with Crippen LogP contribution in [0.2, 0.25) is 0 Å². The summed E-state index contributed by atoms with van der Waals surface area (Å²) in [6, 6.07) is 0. The van der Waals surface area contributed by atoms with Gasteiger partial charge in [-0.25, -0.2) is 0 Å². The second-order valence-corrected chi connectivity index (χ2v) is 1.65. The molecule has 0 atom stereocenters. The molecule has 0 fully saturated rings. The molecule has 0 saturated heterocycles. The van der Waals surface area contributed by atoms with E-state index >= 15 is 0 Å². The third kappa shape index (κ3) is 1.20. The molecule has 0 amide bonds. The van der Waals surface area contributed by atoms with E-state index in [0.29, 0.717) is 6.67 Å². The van der Waals surface area contributed by atoms with E-state index in [9.17, 15) is 0 Å². The number of hydrogen-bond donors (Lipinski definition) is 0. The highest BCUT2D eigenvalue weighted by molar-refractivity contribution is 6.14. The molecule has 0 bridgehead atoms. The lowest BCUT2D eigenvalue weighted by atomic mass is 10.6. The van der Waals surface area contributed by atoms with Crippen LogP contribution in [-0.2, 0) is 0 Å². The molecule has 0 radical (unpaired) electrons. The Kier molecular flexibility index (Phi) is 1.32. The topological polar surface area (TPSA) is 15.6 Å². The minimum atomic E-state index is 0.568. The number of allylic oxidation sites excluding steroid dienone is 1. The van der Waals surface area contributed by atoms with Crippen molar-refractivity contribution in [2.24, 2.45) is 4.99 Å². The lowest BCUT2D eigenvalue weighted by molar-refractivity contribution is 0.619. The molecule has 0 aliphatic carbocycles. The average Bonchev–Trinajstić information content (AvgIpc) is 1.69. The fourth-order valence-electron chi connectivity index (χ4n) is 0.365. The second-order valence-electron chi connectivity index (χ2n) is 1.21. The molecule has 1 rings (SSSR count). The highest BCUT2D eigenvalue weighted by atomic mass is 35.5. The van der Waals surface area contributed by atoms with Crippen molar-refractivity contribution in [2.45, 2.75) is 0 Å². The van der Waals surface area contributed by atoms with Gasteiger partial charge in [0.25, 0.3) is 0 Å². The van der Waals surface area contributed by atoms with Gasteiger partial charge in [0.05, 0.1) is 0 Å². The Hall–Kier alpha value is -0.500. The van der Waals surface area contributed by atoms with E-state index in [0.717, 1.165) is 0 Å². The van der Waals surface area contributed by atoms with Gasteiger partial charge < -0.3 is 0 Å². The molecular formula is C4H5ClN2. The zero-order valence-electron chi connectivity index (χ0n) is 3.71. The summed E-state index contributed by atoms with van der Waals surface area (Å²) < 4.78 is 1.49. The van der Waals surface area contributed by atoms with Gasteiger partial charge >= 0.3 is 0 Å². The minimum absolute atomic E-state index is 0.568. The molecule has 0 unspecified atom stereocenters. The summed E-state index contributed by atoms with van der Waals surface area (Å²) in [5, 5.41) is 0. The molecule has 3 heteroatoms. The van der Waals surface area contributed by atoms with Crippen LogP contribution in [0.1, 0.15) is 0 Å². The zero-order chi connectivity index (χ0) is 5.11. The van der Waals surface area contributed by atoms with E-state index < -0.39 is 0 Å². The number of rotatable bonds is 0. The van der Waals surface area contributed by atoms with E-state index in [4.69, 9.17) is 11.8 Å². The summed E-state index contributed by atoms with van der Waals surface area (Å²) in [7, 11) is 0. The SMILES string of the molecule is ClN1C=CC=NC1. The molecule has 7 heavy (non-hydrogen) atoms. The first kappa shape index (κ1) is 4.65. The molecule has 1 heterocycles. The number of hydrogen-bond acceptors (Lipinski definition) is 2. The van der Waals surface area contributed by atoms with E-state index in [-0.39, 0.29) is 0 Å². The molecule has 38 valence electrons. The van der Waals surface area contributed by atoms with Gasteiger partial charge in [-0.1, -0.05) is 0 Å². The average molecular weight is 117 g/mol. The molecule has 0 aromatic carbocycles. The first-order chi connectivity index (χ1) is 3.39. The first-order valence-corrected chi connectivity index (χ1v) is 2.32. The van der Waals surface area contributed by atoms with Crippen LogP contribution in [0.15, 0.2) is 17.3 Å². The normalized spacial score (nSPS) is 18.1. The Morgan fingerprint density at radius 3 is 2.86 bits per heavy atom. The third-order valence-corrected chi connectivity index (χ3v) is 0.876. The smallest absolute Gasteiger partial charge is 0.124 e. The van der Waals surface area contributed by atoms with Crippen LogP contribution in [0.3, 0.4) is 0 Å². The van der Waals surface area contributed by atoms with Crippen LogP contribution >= 0.6 is 11.8 Å². The lowest BCUT2D eigenvalue weighted by Crippen LogP contribution is -2.05. The Bertz CT molecular complexity index is 108. The fraction of sp³-hybridized carbons (Fsp3) is 0.250. The number of aliphatic imine (C=N–C) groups is 1. The Morgan fingerprint density at radius 2 is 2.57 bits per heavy atom. The minimum Gasteiger partial charge on any atom is -0.271 e. The van der Waals surface area contributed by atoms with E-state index in [1.165, 1.54) is 4.42 Å². The lowest BCUT2D eigenvalue weighted by Gasteiger charge is -2.07. The van der Waals surface area contributed by atoms with Crippen molar-refractivity contribution in [3.05, 3.63) is 12.3 Å². The molecule has 0 spiro atoms. The highest BCUT2D eigenvalue weighted by Crippen LogP contribution is 1.96. The van der Waals surface area contributed by atoms with E-state index in [2.05, 4.69) is 4.99 Å². The number of nitrogens with zero attached hydrogens (tertiary/aromatic N) is 2. The van der Waals surface area contributed by atoms with Crippen LogP contribution in [0, 0.1) is 0 Å². The van der Waals surface area contributed by atoms with Crippen molar-refractivity contribution in [3.63, 3.8) is 0 Å². The molecule has 0 aromatic heterocycles. The van der Waals surface area contributed by atoms with Crippen molar-refractivity contribution in [2.75, 3.05) is 6.67 Å². The molecule has 0 aromatic rings. The summed E-state index contributed by atoms with van der Waals surface area (Å²) in [4.78, 5) is 3.84. The quantitative estimate of drug-likeness (QED) is 0.431. The summed E-state index contributed by atoms with van der Waals surface area (Å²) >= 11 is 5.45. The van der Waals surface area contributed by atoms with Crippen molar-refractivity contribution in [3.8, 4) is 0 Å². The molecule has 0 N–H and O–H groups in total. The van der Waals surface area contributed by atoms with Gasteiger partial charge in [0.15, 0.2) is 0 Å². The first-order valence-electron chi connectivity index (χ1n) is 1.98. The van der Waals surface area contributed by atoms with Gasteiger partial charge in [0.2, 0.25) is 0 Å².